The molecule has 2 aromatic carbocycles. The number of Topliss-reactive ketones (excluding diaryl/α,β-unsaturated/α-hetero) is 1. The second kappa shape index (κ2) is 9.27. The Bertz CT molecular complexity index is 1080. The summed E-state index contributed by atoms with van der Waals surface area (Å²) >= 11 is 0. The maximum absolute atomic E-state index is 13.1. The van der Waals surface area contributed by atoms with E-state index in [1.165, 1.54) is 24.1 Å². The van der Waals surface area contributed by atoms with E-state index in [-0.39, 0.29) is 22.3 Å². The molecule has 0 bridgehead atoms. The first kappa shape index (κ1) is 24.3. The number of carbonyl (C=O) groups is 2. The zero-order valence-electron chi connectivity index (χ0n) is 20.0. The first-order valence-electron chi connectivity index (χ1n) is 10.9. The fraction of sp³-hybridized carbons (Fsp3) is 0.385. The first-order chi connectivity index (χ1) is 15.5. The number of hydrogen-bond acceptors (Lipinski definition) is 6. The van der Waals surface area contributed by atoms with Crippen LogP contribution in [0.3, 0.4) is 0 Å². The van der Waals surface area contributed by atoms with E-state index in [1.807, 2.05) is 43.3 Å². The van der Waals surface area contributed by atoms with Crippen molar-refractivity contribution < 1.29 is 24.5 Å². The van der Waals surface area contributed by atoms with Crippen LogP contribution < -0.4 is 4.74 Å². The Kier molecular flexibility index (Phi) is 6.84. The van der Waals surface area contributed by atoms with Crippen molar-refractivity contribution in [2.24, 2.45) is 0 Å². The summed E-state index contributed by atoms with van der Waals surface area (Å²) in [5.41, 5.74) is 1.81. The van der Waals surface area contributed by atoms with Gasteiger partial charge in [0.05, 0.1) is 24.3 Å². The molecule has 0 aromatic heterocycles. The van der Waals surface area contributed by atoms with Gasteiger partial charge in [-0.25, -0.2) is 0 Å². The molecule has 0 aliphatic carbocycles. The number of methoxy groups -OCH3 is 1. The minimum Gasteiger partial charge on any atom is -0.507 e. The molecule has 1 amide bonds. The second-order valence-corrected chi connectivity index (χ2v) is 9.55. The van der Waals surface area contributed by atoms with Crippen molar-refractivity contribution in [1.82, 2.24) is 9.80 Å². The Morgan fingerprint density at radius 1 is 1.09 bits per heavy atom. The monoisotopic (exact) mass is 452 g/mol. The average Bonchev–Trinajstić information content (AvgIpc) is 3.01. The van der Waals surface area contributed by atoms with Gasteiger partial charge in [0.1, 0.15) is 17.3 Å². The predicted octanol–water partition coefficient (Wildman–Crippen LogP) is 3.68. The number of nitrogens with zero attached hydrogens (tertiary/aromatic N) is 2. The molecule has 1 atom stereocenters. The highest BCUT2D eigenvalue weighted by atomic mass is 16.5. The van der Waals surface area contributed by atoms with E-state index in [2.05, 4.69) is 20.8 Å². The maximum Gasteiger partial charge on any atom is 0.295 e. The zero-order chi connectivity index (χ0) is 24.5. The fourth-order valence-electron chi connectivity index (χ4n) is 3.91. The Hall–Kier alpha value is -3.32. The van der Waals surface area contributed by atoms with Gasteiger partial charge in [-0.2, -0.15) is 0 Å². The van der Waals surface area contributed by atoms with E-state index in [1.54, 1.807) is 6.07 Å². The van der Waals surface area contributed by atoms with Crippen LogP contribution in [0.1, 0.15) is 43.5 Å². The van der Waals surface area contributed by atoms with Gasteiger partial charge >= 0.3 is 0 Å². The lowest BCUT2D eigenvalue weighted by atomic mass is 9.85. The van der Waals surface area contributed by atoms with Crippen molar-refractivity contribution >= 4 is 17.4 Å². The minimum atomic E-state index is -0.772. The number of carbonyl (C=O) groups excluding carboxylic acids is 2. The topological polar surface area (TPSA) is 90.3 Å². The number of benzene rings is 2. The Morgan fingerprint density at radius 3 is 2.24 bits per heavy atom. The highest BCUT2D eigenvalue weighted by molar-refractivity contribution is 6.46. The van der Waals surface area contributed by atoms with E-state index in [0.717, 1.165) is 11.1 Å². The summed E-state index contributed by atoms with van der Waals surface area (Å²) in [4.78, 5) is 29.5. The molecule has 1 fully saturated rings. The normalized spacial score (nSPS) is 18.3. The van der Waals surface area contributed by atoms with Crippen LogP contribution in [0.2, 0.25) is 0 Å². The van der Waals surface area contributed by atoms with Crippen molar-refractivity contribution in [3.8, 4) is 11.5 Å². The number of likely N-dealkylation sites (tertiary alicyclic amines) is 1. The number of aromatic hydroxyl groups is 1. The van der Waals surface area contributed by atoms with Crippen LogP contribution in [-0.4, -0.2) is 66.0 Å². The van der Waals surface area contributed by atoms with Crippen molar-refractivity contribution in [2.45, 2.75) is 32.2 Å². The molecular weight excluding hydrogens is 420 g/mol. The van der Waals surface area contributed by atoms with E-state index in [9.17, 15) is 19.8 Å². The highest BCUT2D eigenvalue weighted by Gasteiger charge is 2.46. The molecule has 2 N–H and O–H groups in total. The molecule has 0 spiro atoms. The Balaban J connectivity index is 2.16. The first-order valence-corrected chi connectivity index (χ1v) is 10.9. The number of phenols is 1. The largest absolute Gasteiger partial charge is 0.507 e. The van der Waals surface area contributed by atoms with Crippen LogP contribution >= 0.6 is 0 Å². The summed E-state index contributed by atoms with van der Waals surface area (Å²) in [5.74, 6) is -1.69. The molecule has 7 heteroatoms. The molecule has 3 rings (SSSR count). The van der Waals surface area contributed by atoms with E-state index >= 15 is 0 Å². The van der Waals surface area contributed by atoms with E-state index in [4.69, 9.17) is 4.74 Å². The highest BCUT2D eigenvalue weighted by Crippen LogP contribution is 2.41. The SMILES string of the molecule is COc1ccc(/C(O)=C2\C(=O)C(=O)N(CCN(C)C)C2c2ccc(C(C)(C)C)cc2)c(O)c1. The Morgan fingerprint density at radius 2 is 1.73 bits per heavy atom. The number of aliphatic hydroxyl groups is 1. The summed E-state index contributed by atoms with van der Waals surface area (Å²) in [6.07, 6.45) is 0. The lowest BCUT2D eigenvalue weighted by Gasteiger charge is -2.27. The van der Waals surface area contributed by atoms with Crippen LogP contribution in [0.5, 0.6) is 11.5 Å². The van der Waals surface area contributed by atoms with Crippen molar-refractivity contribution in [1.29, 1.82) is 0 Å². The second-order valence-electron chi connectivity index (χ2n) is 9.55. The number of amides is 1. The average molecular weight is 453 g/mol. The van der Waals surface area contributed by atoms with Gasteiger partial charge in [-0.3, -0.25) is 9.59 Å². The van der Waals surface area contributed by atoms with E-state index in [0.29, 0.717) is 18.8 Å². The van der Waals surface area contributed by atoms with Crippen LogP contribution in [0, 0.1) is 0 Å². The van der Waals surface area contributed by atoms with Crippen LogP contribution in [-0.2, 0) is 15.0 Å². The number of aliphatic hydroxyl groups excluding tert-OH is 1. The maximum atomic E-state index is 13.1. The molecule has 176 valence electrons. The number of hydrogen-bond donors (Lipinski definition) is 2. The van der Waals surface area contributed by atoms with Gasteiger partial charge < -0.3 is 24.7 Å². The number of ether oxygens (including phenoxy) is 1. The Labute approximate surface area is 194 Å². The van der Waals surface area contributed by atoms with Crippen molar-refractivity contribution in [3.63, 3.8) is 0 Å². The smallest absolute Gasteiger partial charge is 0.295 e. The third kappa shape index (κ3) is 4.88. The molecule has 0 saturated carbocycles. The van der Waals surface area contributed by atoms with E-state index < -0.39 is 23.5 Å². The number of rotatable bonds is 6. The van der Waals surface area contributed by atoms with Crippen LogP contribution in [0.4, 0.5) is 0 Å². The molecule has 2 aromatic rings. The fourth-order valence-corrected chi connectivity index (χ4v) is 3.91. The third-order valence-corrected chi connectivity index (χ3v) is 5.88. The standard InChI is InChI=1S/C26H32N2O5/c1-26(2,3)17-9-7-16(8-10-17)22-21(24(31)25(32)28(22)14-13-27(4)5)23(30)19-12-11-18(33-6)15-20(19)29/h7-12,15,22,29-30H,13-14H2,1-6H3/b23-21+. The lowest BCUT2D eigenvalue weighted by molar-refractivity contribution is -0.140. The van der Waals surface area contributed by atoms with Crippen LogP contribution in [0.15, 0.2) is 48.0 Å². The molecular formula is C26H32N2O5. The van der Waals surface area contributed by atoms with Crippen molar-refractivity contribution in [2.75, 3.05) is 34.3 Å². The van der Waals surface area contributed by atoms with Gasteiger partial charge in [0.25, 0.3) is 11.7 Å². The summed E-state index contributed by atoms with van der Waals surface area (Å²) in [7, 11) is 5.24. The number of phenolic OH excluding ortho intramolecular Hbond substituents is 1. The molecule has 1 unspecified atom stereocenters. The van der Waals surface area contributed by atoms with Gasteiger partial charge in [0, 0.05) is 19.2 Å². The number of likely N-dealkylation sites (N-methyl/N-ethyl adjacent to an activating group) is 1. The summed E-state index contributed by atoms with van der Waals surface area (Å²) < 4.78 is 5.10. The summed E-state index contributed by atoms with van der Waals surface area (Å²) in [6, 6.07) is 11.4. The predicted molar refractivity (Wildman–Crippen MR) is 127 cm³/mol. The molecule has 33 heavy (non-hydrogen) atoms. The summed E-state index contributed by atoms with van der Waals surface area (Å²) in [6.45, 7) is 7.19. The van der Waals surface area contributed by atoms with Gasteiger partial charge in [0.15, 0.2) is 0 Å². The lowest BCUT2D eigenvalue weighted by Crippen LogP contribution is -2.35. The van der Waals surface area contributed by atoms with Crippen molar-refractivity contribution in [3.05, 3.63) is 64.7 Å². The molecule has 1 aliphatic rings. The zero-order valence-corrected chi connectivity index (χ0v) is 20.0. The van der Waals surface area contributed by atoms with Gasteiger partial charge in [-0.05, 0) is 42.8 Å². The van der Waals surface area contributed by atoms with Crippen LogP contribution in [0.25, 0.3) is 5.76 Å². The molecule has 1 saturated heterocycles. The molecule has 1 aliphatic heterocycles. The van der Waals surface area contributed by atoms with Gasteiger partial charge in [0.2, 0.25) is 0 Å². The molecule has 0 radical (unpaired) electrons. The van der Waals surface area contributed by atoms with Gasteiger partial charge in [-0.15, -0.1) is 0 Å². The van der Waals surface area contributed by atoms with Gasteiger partial charge in [-0.1, -0.05) is 45.0 Å². The quantitative estimate of drug-likeness (QED) is 0.395. The molecule has 7 nitrogen and oxygen atoms in total. The summed E-state index contributed by atoms with van der Waals surface area (Å²) in [5, 5.41) is 21.6. The molecule has 1 heterocycles. The third-order valence-electron chi connectivity index (χ3n) is 5.88. The number of ketones is 1. The minimum absolute atomic E-state index is 0.0391.